The largest absolute Gasteiger partial charge is 0.393 e. The third kappa shape index (κ3) is 12.8. The van der Waals surface area contributed by atoms with Crippen LogP contribution >= 0.6 is 0 Å². The zero-order valence-corrected chi connectivity index (χ0v) is 27.3. The highest BCUT2D eigenvalue weighted by Gasteiger charge is 2.45. The summed E-state index contributed by atoms with van der Waals surface area (Å²) in [5, 5.41) is 9.64. The number of ether oxygens (including phenoxy) is 6. The predicted molar refractivity (Wildman–Crippen MR) is 170 cm³/mol. The molecule has 4 rings (SSSR count). The molecule has 3 aliphatic heterocycles. The first-order valence-corrected chi connectivity index (χ1v) is 17.9. The quantitative estimate of drug-likeness (QED) is 0.125. The van der Waals surface area contributed by atoms with E-state index in [1.54, 1.807) is 0 Å². The fraction of sp³-hybridized carbons (Fsp3) is 0.889. The molecule has 3 saturated heterocycles. The van der Waals surface area contributed by atoms with E-state index in [1.807, 2.05) is 6.92 Å². The van der Waals surface area contributed by atoms with Crippen LogP contribution in [0.5, 0.6) is 0 Å². The van der Waals surface area contributed by atoms with Crippen molar-refractivity contribution in [2.45, 2.75) is 173 Å². The summed E-state index contributed by atoms with van der Waals surface area (Å²) in [5.41, 5.74) is 0. The van der Waals surface area contributed by atoms with E-state index in [9.17, 15) is 5.11 Å². The maximum atomic E-state index is 9.64. The molecule has 0 amide bonds. The van der Waals surface area contributed by atoms with Crippen LogP contribution in [0.15, 0.2) is 24.3 Å². The molecule has 0 aromatic carbocycles. The van der Waals surface area contributed by atoms with Gasteiger partial charge in [-0.05, 0) is 103 Å². The first kappa shape index (κ1) is 35.1. The number of hydrogen-bond acceptors (Lipinski definition) is 7. The minimum absolute atomic E-state index is 0.0313. The van der Waals surface area contributed by atoms with Gasteiger partial charge in [-0.2, -0.15) is 0 Å². The fourth-order valence-electron chi connectivity index (χ4n) is 6.96. The van der Waals surface area contributed by atoms with Crippen LogP contribution < -0.4 is 0 Å². The van der Waals surface area contributed by atoms with E-state index in [1.165, 1.54) is 19.3 Å². The lowest BCUT2D eigenvalue weighted by atomic mass is 9.89. The van der Waals surface area contributed by atoms with Gasteiger partial charge in [0, 0.05) is 32.2 Å². The van der Waals surface area contributed by atoms with Crippen molar-refractivity contribution < 1.29 is 33.5 Å². The highest BCUT2D eigenvalue weighted by molar-refractivity contribution is 5.07. The average molecular weight is 607 g/mol. The Morgan fingerprint density at radius 2 is 1.42 bits per heavy atom. The van der Waals surface area contributed by atoms with Crippen molar-refractivity contribution in [3.63, 3.8) is 0 Å². The molecule has 0 aromatic heterocycles. The van der Waals surface area contributed by atoms with Crippen LogP contribution in [0.2, 0.25) is 0 Å². The summed E-state index contributed by atoms with van der Waals surface area (Å²) in [6.07, 6.45) is 27.8. The minimum Gasteiger partial charge on any atom is -0.393 e. The van der Waals surface area contributed by atoms with Gasteiger partial charge in [-0.25, -0.2) is 0 Å². The summed E-state index contributed by atoms with van der Waals surface area (Å²) in [7, 11) is 0. The highest BCUT2D eigenvalue weighted by atomic mass is 16.7. The van der Waals surface area contributed by atoms with Gasteiger partial charge in [-0.3, -0.25) is 0 Å². The minimum atomic E-state index is -0.238. The number of unbranched alkanes of at least 4 members (excludes halogenated alkanes) is 3. The first-order chi connectivity index (χ1) is 21.1. The molecule has 43 heavy (non-hydrogen) atoms. The molecule has 1 N–H and O–H groups in total. The standard InChI is InChI=1S/C36H62O7/c1-3-4-7-17-29(41-34-19-10-13-24-38-34)22-23-31-30(18-9-6-5-8-16-28(2)37)32(42-35-20-11-14-25-39-35)27-33(31)43-36-21-12-15-26-40-36/h6,9,22-23,28-37H,3-5,7-8,10-21,24-27H2,1-2H3/b9-6-,23-22+/t28?,29-,30+,31+,32-,33+,34?,35?,36?/m0/s1. The Kier molecular flexibility index (Phi) is 16.6. The lowest BCUT2D eigenvalue weighted by Crippen LogP contribution is -2.31. The monoisotopic (exact) mass is 606 g/mol. The molecule has 4 aliphatic rings. The number of aliphatic hydroxyl groups excluding tert-OH is 1. The van der Waals surface area contributed by atoms with Crippen LogP contribution in [-0.4, -0.2) is 68.2 Å². The van der Waals surface area contributed by atoms with Gasteiger partial charge in [0.25, 0.3) is 0 Å². The zero-order valence-electron chi connectivity index (χ0n) is 27.3. The van der Waals surface area contributed by atoms with Crippen LogP contribution in [0.1, 0.15) is 129 Å². The van der Waals surface area contributed by atoms with E-state index >= 15 is 0 Å². The van der Waals surface area contributed by atoms with E-state index in [0.717, 1.165) is 116 Å². The molecule has 7 heteroatoms. The van der Waals surface area contributed by atoms with Crippen LogP contribution in [-0.2, 0) is 28.4 Å². The number of rotatable bonds is 18. The summed E-state index contributed by atoms with van der Waals surface area (Å²) in [4.78, 5) is 0. The molecule has 3 heterocycles. The molecule has 0 radical (unpaired) electrons. The molecule has 4 unspecified atom stereocenters. The second-order valence-electron chi connectivity index (χ2n) is 13.3. The smallest absolute Gasteiger partial charge is 0.158 e. The Morgan fingerprint density at radius 1 is 0.767 bits per heavy atom. The van der Waals surface area contributed by atoms with Crippen LogP contribution in [0.25, 0.3) is 0 Å². The topological polar surface area (TPSA) is 75.6 Å². The van der Waals surface area contributed by atoms with Gasteiger partial charge in [0.05, 0.1) is 24.4 Å². The lowest BCUT2D eigenvalue weighted by molar-refractivity contribution is -0.203. The molecule has 248 valence electrons. The maximum Gasteiger partial charge on any atom is 0.158 e. The SMILES string of the molecule is CCCCC[C@@H](/C=C/[C@@H]1[C@@H](C/C=C\CCCC(C)O)[C@@H](OC2CCCCO2)C[C@H]1OC1CCCCO1)OC1CCCCO1. The van der Waals surface area contributed by atoms with Gasteiger partial charge in [-0.1, -0.05) is 50.5 Å². The molecule has 4 fully saturated rings. The van der Waals surface area contributed by atoms with E-state index in [2.05, 4.69) is 31.2 Å². The van der Waals surface area contributed by atoms with Crippen molar-refractivity contribution in [1.29, 1.82) is 0 Å². The molecule has 1 aliphatic carbocycles. The van der Waals surface area contributed by atoms with Crippen LogP contribution in [0.3, 0.4) is 0 Å². The molecule has 0 aromatic rings. The van der Waals surface area contributed by atoms with Crippen LogP contribution in [0.4, 0.5) is 0 Å². The lowest BCUT2D eigenvalue weighted by Gasteiger charge is -2.30. The number of allylic oxidation sites excluding steroid dienone is 2. The van der Waals surface area contributed by atoms with E-state index in [-0.39, 0.29) is 55.1 Å². The van der Waals surface area contributed by atoms with Gasteiger partial charge < -0.3 is 33.5 Å². The summed E-state index contributed by atoms with van der Waals surface area (Å²) < 4.78 is 38.1. The van der Waals surface area contributed by atoms with E-state index in [4.69, 9.17) is 28.4 Å². The third-order valence-corrected chi connectivity index (χ3v) is 9.47. The highest BCUT2D eigenvalue weighted by Crippen LogP contribution is 2.42. The summed E-state index contributed by atoms with van der Waals surface area (Å²) in [6, 6.07) is 0. The Balaban J connectivity index is 1.50. The molecule has 0 spiro atoms. The Labute approximate surface area is 262 Å². The summed E-state index contributed by atoms with van der Waals surface area (Å²) in [6.45, 7) is 6.47. The van der Waals surface area contributed by atoms with Gasteiger partial charge in [0.1, 0.15) is 0 Å². The van der Waals surface area contributed by atoms with Crippen molar-refractivity contribution in [3.05, 3.63) is 24.3 Å². The second-order valence-corrected chi connectivity index (χ2v) is 13.3. The molecular formula is C36H62O7. The van der Waals surface area contributed by atoms with Crippen molar-refractivity contribution in [3.8, 4) is 0 Å². The molecule has 0 bridgehead atoms. The Morgan fingerprint density at radius 3 is 2.02 bits per heavy atom. The van der Waals surface area contributed by atoms with Crippen molar-refractivity contribution >= 4 is 0 Å². The third-order valence-electron chi connectivity index (χ3n) is 9.47. The normalized spacial score (nSPS) is 33.8. The van der Waals surface area contributed by atoms with Gasteiger partial charge in [0.2, 0.25) is 0 Å². The molecule has 1 saturated carbocycles. The number of hydrogen-bond donors (Lipinski definition) is 1. The molecule has 9 atom stereocenters. The predicted octanol–water partition coefficient (Wildman–Crippen LogP) is 7.99. The van der Waals surface area contributed by atoms with E-state index < -0.39 is 0 Å². The van der Waals surface area contributed by atoms with E-state index in [0.29, 0.717) is 0 Å². The first-order valence-electron chi connectivity index (χ1n) is 17.9. The molecular weight excluding hydrogens is 544 g/mol. The zero-order chi connectivity index (χ0) is 30.1. The van der Waals surface area contributed by atoms with Gasteiger partial charge in [-0.15, -0.1) is 0 Å². The Bertz CT molecular complexity index is 768. The second kappa shape index (κ2) is 20.3. The maximum absolute atomic E-state index is 9.64. The summed E-state index contributed by atoms with van der Waals surface area (Å²) in [5.74, 6) is 0.483. The van der Waals surface area contributed by atoms with Gasteiger partial charge >= 0.3 is 0 Å². The van der Waals surface area contributed by atoms with Crippen molar-refractivity contribution in [1.82, 2.24) is 0 Å². The summed E-state index contributed by atoms with van der Waals surface area (Å²) >= 11 is 0. The van der Waals surface area contributed by atoms with Crippen molar-refractivity contribution in [2.75, 3.05) is 19.8 Å². The van der Waals surface area contributed by atoms with Gasteiger partial charge in [0.15, 0.2) is 18.9 Å². The number of aliphatic hydroxyl groups is 1. The average Bonchev–Trinajstić information content (AvgIpc) is 3.33. The Hall–Kier alpha value is -0.800. The van der Waals surface area contributed by atoms with Crippen LogP contribution in [0, 0.1) is 11.8 Å². The molecule has 7 nitrogen and oxygen atoms in total. The van der Waals surface area contributed by atoms with Crippen molar-refractivity contribution in [2.24, 2.45) is 11.8 Å². The fourth-order valence-corrected chi connectivity index (χ4v) is 6.96.